The van der Waals surface area contributed by atoms with E-state index in [4.69, 9.17) is 5.73 Å². The fourth-order valence-corrected chi connectivity index (χ4v) is 11.6. The van der Waals surface area contributed by atoms with Gasteiger partial charge in [-0.1, -0.05) is 30.7 Å². The summed E-state index contributed by atoms with van der Waals surface area (Å²) in [6.07, 6.45) is 4.67. The Morgan fingerprint density at radius 2 is 1.27 bits per heavy atom. The van der Waals surface area contributed by atoms with Gasteiger partial charge in [0.1, 0.15) is 59.2 Å². The number of nitrogens with one attached hydrogen (secondary N) is 11. The molecular formula is C65H72F2N14O13. The van der Waals surface area contributed by atoms with Crippen molar-refractivity contribution in [3.63, 3.8) is 0 Å². The van der Waals surface area contributed by atoms with Crippen molar-refractivity contribution in [1.82, 2.24) is 67.4 Å². The highest BCUT2D eigenvalue weighted by atomic mass is 19.1. The van der Waals surface area contributed by atoms with Crippen molar-refractivity contribution in [2.75, 3.05) is 19.6 Å². The first kappa shape index (κ1) is 67.4. The highest BCUT2D eigenvalue weighted by Gasteiger charge is 2.48. The lowest BCUT2D eigenvalue weighted by Crippen LogP contribution is -2.63. The lowest BCUT2D eigenvalue weighted by atomic mass is 9.94. The van der Waals surface area contributed by atoms with Crippen LogP contribution >= 0.6 is 0 Å². The van der Waals surface area contributed by atoms with Crippen LogP contribution in [-0.2, 0) is 80.0 Å². The Morgan fingerprint density at radius 1 is 0.638 bits per heavy atom. The molecule has 3 aromatic heterocycles. The molecule has 7 atom stereocenters. The van der Waals surface area contributed by atoms with E-state index in [1.807, 2.05) is 0 Å². The average molecular weight is 1300 g/mol. The number of hydrogen-bond acceptors (Lipinski definition) is 13. The van der Waals surface area contributed by atoms with Gasteiger partial charge in [0.05, 0.1) is 19.3 Å². The predicted octanol–water partition coefficient (Wildman–Crippen LogP) is 1.54. The van der Waals surface area contributed by atoms with Crippen LogP contribution < -0.4 is 48.3 Å². The van der Waals surface area contributed by atoms with Gasteiger partial charge in [-0.3, -0.25) is 52.7 Å². The average Bonchev–Trinajstić information content (AvgIpc) is 1.59. The number of hydrogen-bond donors (Lipinski definition) is 14. The molecule has 27 nitrogen and oxygen atoms in total. The monoisotopic (exact) mass is 1290 g/mol. The number of carboxylic acid groups (broad SMARTS) is 1. The SMILES string of the molecule is C[C@@]12CCCN1C(=O)[C@H](Cc1ccc(O)cc1)NC(=O)[C@H](Cc1cnc[nH]1)NC(=O)C(CC(=O)O)NC(=O)[C@H](Cc1c[nH]c3cc(F)ccc13)NC(=O)[C@H](Cc1c[nH]c3ccc(F)cc13)NC(=O)CNC(=O)CCCCCNC(=O)c1ccc(cc1)C[C@@H](C(N)=O)NC2=O. The van der Waals surface area contributed by atoms with Gasteiger partial charge in [-0.25, -0.2) is 13.8 Å². The van der Waals surface area contributed by atoms with E-state index in [1.54, 1.807) is 12.1 Å². The van der Waals surface area contributed by atoms with Gasteiger partial charge in [-0.2, -0.15) is 0 Å². The summed E-state index contributed by atoms with van der Waals surface area (Å²) in [5, 5.41) is 42.1. The molecule has 7 aromatic rings. The Bertz CT molecular complexity index is 3970. The number of phenolic OH excluding ortho intramolecular Hbond substituents is 1. The smallest absolute Gasteiger partial charge is 0.305 e. The number of aromatic hydroxyl groups is 1. The number of carbonyl (C=O) groups is 11. The zero-order chi connectivity index (χ0) is 67.2. The van der Waals surface area contributed by atoms with Crippen molar-refractivity contribution in [1.29, 1.82) is 0 Å². The van der Waals surface area contributed by atoms with Gasteiger partial charge in [0.15, 0.2) is 0 Å². The number of halogens is 2. The molecule has 29 heteroatoms. The molecule has 94 heavy (non-hydrogen) atoms. The third-order valence-corrected chi connectivity index (χ3v) is 16.7. The summed E-state index contributed by atoms with van der Waals surface area (Å²) in [6, 6.07) is 9.76. The summed E-state index contributed by atoms with van der Waals surface area (Å²) < 4.78 is 29.2. The summed E-state index contributed by atoms with van der Waals surface area (Å²) in [7, 11) is 0. The molecular weight excluding hydrogens is 1220 g/mol. The molecule has 15 N–H and O–H groups in total. The number of phenols is 1. The minimum Gasteiger partial charge on any atom is -0.508 e. The molecule has 494 valence electrons. The molecule has 4 aromatic carbocycles. The van der Waals surface area contributed by atoms with Gasteiger partial charge >= 0.3 is 5.97 Å². The molecule has 3 aliphatic heterocycles. The van der Waals surface area contributed by atoms with E-state index in [0.717, 1.165) is 6.07 Å². The molecule has 0 saturated carbocycles. The van der Waals surface area contributed by atoms with E-state index in [1.165, 1.54) is 103 Å². The van der Waals surface area contributed by atoms with Crippen molar-refractivity contribution in [2.24, 2.45) is 5.73 Å². The van der Waals surface area contributed by atoms with E-state index < -0.39 is 138 Å². The number of nitrogens with two attached hydrogens (primary N) is 1. The minimum atomic E-state index is -2.02. The summed E-state index contributed by atoms with van der Waals surface area (Å²) in [5.74, 6) is -11.6. The van der Waals surface area contributed by atoms with Crippen LogP contribution in [-0.4, -0.2) is 162 Å². The Hall–Kier alpha value is -11.0. The third-order valence-electron chi connectivity index (χ3n) is 16.7. The van der Waals surface area contributed by atoms with Crippen molar-refractivity contribution < 1.29 is 71.7 Å². The first-order valence-corrected chi connectivity index (χ1v) is 30.5. The molecule has 2 bridgehead atoms. The molecule has 3 aliphatic rings. The number of aromatic amines is 3. The van der Waals surface area contributed by atoms with E-state index >= 15 is 4.79 Å². The highest BCUT2D eigenvalue weighted by molar-refractivity contribution is 6.01. The predicted molar refractivity (Wildman–Crippen MR) is 334 cm³/mol. The van der Waals surface area contributed by atoms with Crippen molar-refractivity contribution in [3.8, 4) is 5.75 Å². The van der Waals surface area contributed by atoms with Crippen LogP contribution in [0.5, 0.6) is 5.75 Å². The first-order valence-electron chi connectivity index (χ1n) is 30.5. The molecule has 0 aliphatic carbocycles. The number of fused-ring (bicyclic) bond motifs is 32. The van der Waals surface area contributed by atoms with Gasteiger partial charge in [0.25, 0.3) is 5.91 Å². The Balaban J connectivity index is 1.05. The fourth-order valence-electron chi connectivity index (χ4n) is 11.6. The van der Waals surface area contributed by atoms with Gasteiger partial charge in [0, 0.05) is 103 Å². The van der Waals surface area contributed by atoms with Gasteiger partial charge in [-0.05, 0) is 116 Å². The van der Waals surface area contributed by atoms with Gasteiger partial charge in [-0.15, -0.1) is 0 Å². The third kappa shape index (κ3) is 17.3. The summed E-state index contributed by atoms with van der Waals surface area (Å²) in [4.78, 5) is 169. The lowest BCUT2D eigenvalue weighted by Gasteiger charge is -2.37. The van der Waals surface area contributed by atoms with Crippen LogP contribution in [0.25, 0.3) is 21.8 Å². The zero-order valence-electron chi connectivity index (χ0n) is 51.1. The number of aromatic nitrogens is 4. The molecule has 10 amide bonds. The van der Waals surface area contributed by atoms with Gasteiger partial charge in [0.2, 0.25) is 53.2 Å². The number of H-pyrrole nitrogens is 3. The Kier molecular flexibility index (Phi) is 21.8. The number of nitrogens with zero attached hydrogens (tertiary/aromatic N) is 2. The van der Waals surface area contributed by atoms with Gasteiger partial charge < -0.3 is 78.3 Å². The van der Waals surface area contributed by atoms with Crippen LogP contribution in [0, 0.1) is 11.6 Å². The summed E-state index contributed by atoms with van der Waals surface area (Å²) in [6.45, 7) is 1.11. The number of imidazole rings is 1. The normalized spacial score (nSPS) is 22.5. The quantitative estimate of drug-likeness (QED) is 0.0818. The van der Waals surface area contributed by atoms with Crippen molar-refractivity contribution in [2.45, 2.75) is 126 Å². The molecule has 0 radical (unpaired) electrons. The molecule has 1 saturated heterocycles. The number of amides is 10. The number of benzene rings is 4. The standard InChI is InChI=1S/C65H72F2N14O13/c1-65-19-5-21-81(65)63(93)53(23-36-9-15-43(82)16-10-36)79-61(91)51(28-42-32-69-34-74-42)77-62(92)52(29-56(85)86)78-60(90)50(24-38-30-72-47-27-41(67)13-17-44(38)47)76-59(89)49(25-39-31-71-46-18-14-40(66)26-45(39)46)75-55(84)33-73-54(83)6-3-2-4-20-70-58(88)37-11-7-35(8-12-37)22-48(57(68)87)80-64(65)94/h7-18,26-27,30-32,34,48-53,71-72,82H,2-6,19-25,28-29,33H2,1H3,(H2,68,87)(H,69,74)(H,70,88)(H,73,83)(H,75,84)(H,76,89)(H,77,92)(H,78,90)(H,79,91)(H,80,94)(H,85,86)/t48-,49-,50-,51-,52?,53-,65-/m0/s1. The van der Waals surface area contributed by atoms with Crippen LogP contribution in [0.1, 0.15) is 90.2 Å². The van der Waals surface area contributed by atoms with E-state index in [9.17, 15) is 66.9 Å². The highest BCUT2D eigenvalue weighted by Crippen LogP contribution is 2.31. The van der Waals surface area contributed by atoms with E-state index in [-0.39, 0.29) is 68.6 Å². The molecule has 1 fully saturated rings. The fraction of sp³-hybridized carbons (Fsp3) is 0.354. The topological polar surface area (TPSA) is 414 Å². The molecule has 0 spiro atoms. The maximum absolute atomic E-state index is 15.1. The maximum atomic E-state index is 15.1. The Morgan fingerprint density at radius 3 is 1.95 bits per heavy atom. The van der Waals surface area contributed by atoms with E-state index in [0.29, 0.717) is 69.7 Å². The molecule has 1 unspecified atom stereocenters. The first-order chi connectivity index (χ1) is 45.0. The van der Waals surface area contributed by atoms with Crippen LogP contribution in [0.4, 0.5) is 8.78 Å². The van der Waals surface area contributed by atoms with Crippen molar-refractivity contribution >= 4 is 86.8 Å². The number of carbonyl (C=O) groups excluding carboxylic acids is 10. The second-order valence-electron chi connectivity index (χ2n) is 23.6. The Labute approximate surface area is 535 Å². The second kappa shape index (κ2) is 30.4. The van der Waals surface area contributed by atoms with Crippen LogP contribution in [0.15, 0.2) is 110 Å². The number of carboxylic acids is 1. The zero-order valence-corrected chi connectivity index (χ0v) is 51.1. The number of aliphatic carboxylic acids is 1. The van der Waals surface area contributed by atoms with Crippen molar-refractivity contribution in [3.05, 3.63) is 155 Å². The number of rotatable bonds is 11. The van der Waals surface area contributed by atoms with Crippen LogP contribution in [0.2, 0.25) is 0 Å². The van der Waals surface area contributed by atoms with Crippen LogP contribution in [0.3, 0.4) is 0 Å². The maximum Gasteiger partial charge on any atom is 0.305 e. The number of primary amides is 1. The largest absolute Gasteiger partial charge is 0.508 e. The summed E-state index contributed by atoms with van der Waals surface area (Å²) >= 11 is 0. The second-order valence-corrected chi connectivity index (χ2v) is 23.6. The molecule has 6 heterocycles. The summed E-state index contributed by atoms with van der Waals surface area (Å²) in [5.41, 5.74) is 7.14. The van der Waals surface area contributed by atoms with E-state index in [2.05, 4.69) is 62.5 Å². The molecule has 10 rings (SSSR count). The lowest BCUT2D eigenvalue weighted by molar-refractivity contribution is -0.147. The minimum absolute atomic E-state index is 0.00157.